The average molecular weight is 333 g/mol. The summed E-state index contributed by atoms with van der Waals surface area (Å²) >= 11 is 0. The Hall–Kier alpha value is -2.75. The van der Waals surface area contributed by atoms with Crippen LogP contribution >= 0.6 is 0 Å². The van der Waals surface area contributed by atoms with Gasteiger partial charge in [-0.3, -0.25) is 4.98 Å². The monoisotopic (exact) mass is 333 g/mol. The van der Waals surface area contributed by atoms with Crippen molar-refractivity contribution in [2.45, 2.75) is 31.7 Å². The molecule has 1 aliphatic carbocycles. The van der Waals surface area contributed by atoms with E-state index in [0.717, 1.165) is 22.5 Å². The minimum absolute atomic E-state index is 0.0545. The largest absolute Gasteiger partial charge is 0.364 e. The Balaban J connectivity index is 1.48. The van der Waals surface area contributed by atoms with Crippen molar-refractivity contribution in [3.05, 3.63) is 78.0 Å². The number of rotatable bonds is 5. The summed E-state index contributed by atoms with van der Waals surface area (Å²) in [5.41, 5.74) is 4.52. The highest BCUT2D eigenvalue weighted by atomic mass is 19.1. The van der Waals surface area contributed by atoms with Crippen molar-refractivity contribution in [3.8, 4) is 11.1 Å². The molecule has 25 heavy (non-hydrogen) atoms. The number of aromatic nitrogens is 2. The topological polar surface area (TPSA) is 37.8 Å². The van der Waals surface area contributed by atoms with Gasteiger partial charge in [-0.2, -0.15) is 0 Å². The Kier molecular flexibility index (Phi) is 4.18. The van der Waals surface area contributed by atoms with Crippen molar-refractivity contribution in [3.63, 3.8) is 0 Å². The third-order valence-corrected chi connectivity index (χ3v) is 4.64. The minimum Gasteiger partial charge on any atom is -0.364 e. The Bertz CT molecular complexity index is 855. The van der Waals surface area contributed by atoms with Crippen LogP contribution in [-0.2, 0) is 0 Å². The van der Waals surface area contributed by atoms with Crippen molar-refractivity contribution in [2.24, 2.45) is 0 Å². The fourth-order valence-corrected chi connectivity index (χ4v) is 2.96. The average Bonchev–Trinajstić information content (AvgIpc) is 3.48. The Morgan fingerprint density at radius 1 is 1.00 bits per heavy atom. The summed E-state index contributed by atoms with van der Waals surface area (Å²) in [6.45, 7) is 2.03. The smallest absolute Gasteiger partial charge is 0.126 e. The molecule has 0 unspecified atom stereocenters. The lowest BCUT2D eigenvalue weighted by molar-refractivity contribution is 0.626. The van der Waals surface area contributed by atoms with Crippen molar-refractivity contribution < 1.29 is 4.39 Å². The zero-order valence-electron chi connectivity index (χ0n) is 14.1. The highest BCUT2D eigenvalue weighted by Gasteiger charge is 2.23. The molecule has 2 aromatic heterocycles. The van der Waals surface area contributed by atoms with Crippen molar-refractivity contribution in [1.29, 1.82) is 0 Å². The highest BCUT2D eigenvalue weighted by Crippen LogP contribution is 2.40. The van der Waals surface area contributed by atoms with Gasteiger partial charge in [0.1, 0.15) is 11.6 Å². The predicted molar refractivity (Wildman–Crippen MR) is 97.9 cm³/mol. The van der Waals surface area contributed by atoms with Crippen LogP contribution in [0.25, 0.3) is 11.1 Å². The van der Waals surface area contributed by atoms with Crippen LogP contribution in [0.4, 0.5) is 10.2 Å². The lowest BCUT2D eigenvalue weighted by Gasteiger charge is -2.15. The summed E-state index contributed by atoms with van der Waals surface area (Å²) in [6, 6.07) is 12.8. The van der Waals surface area contributed by atoms with Crippen LogP contribution in [-0.4, -0.2) is 9.97 Å². The molecule has 1 fully saturated rings. The lowest BCUT2D eigenvalue weighted by atomic mass is 10.1. The molecule has 1 aliphatic rings. The normalized spacial score (nSPS) is 15.0. The molecule has 2 heterocycles. The maximum absolute atomic E-state index is 13.0. The van der Waals surface area contributed by atoms with Gasteiger partial charge in [0.05, 0.1) is 0 Å². The molecule has 0 aliphatic heterocycles. The van der Waals surface area contributed by atoms with E-state index in [4.69, 9.17) is 0 Å². The van der Waals surface area contributed by atoms with Crippen molar-refractivity contribution in [2.75, 3.05) is 5.32 Å². The molecule has 1 N–H and O–H groups in total. The predicted octanol–water partition coefficient (Wildman–Crippen LogP) is 5.33. The van der Waals surface area contributed by atoms with Gasteiger partial charge in [0, 0.05) is 35.8 Å². The van der Waals surface area contributed by atoms with Crippen molar-refractivity contribution in [1.82, 2.24) is 9.97 Å². The molecule has 0 amide bonds. The molecule has 0 saturated heterocycles. The summed E-state index contributed by atoms with van der Waals surface area (Å²) in [5.74, 6) is 1.27. The number of pyridine rings is 2. The highest BCUT2D eigenvalue weighted by molar-refractivity contribution is 5.63. The van der Waals surface area contributed by atoms with Crippen LogP contribution in [0.2, 0.25) is 0 Å². The second kappa shape index (κ2) is 6.63. The van der Waals surface area contributed by atoms with Crippen LogP contribution in [0.15, 0.2) is 61.1 Å². The third kappa shape index (κ3) is 3.68. The lowest BCUT2D eigenvalue weighted by Crippen LogP contribution is -2.07. The van der Waals surface area contributed by atoms with Gasteiger partial charge in [-0.15, -0.1) is 0 Å². The van der Waals surface area contributed by atoms with Crippen LogP contribution in [0.1, 0.15) is 42.9 Å². The van der Waals surface area contributed by atoms with Gasteiger partial charge >= 0.3 is 0 Å². The van der Waals surface area contributed by atoms with Crippen LogP contribution < -0.4 is 5.32 Å². The van der Waals surface area contributed by atoms with E-state index in [1.807, 2.05) is 31.6 Å². The van der Waals surface area contributed by atoms with Crippen LogP contribution in [0.3, 0.4) is 0 Å². The molecule has 126 valence electrons. The number of nitrogens with one attached hydrogen (secondary N) is 1. The molecule has 0 radical (unpaired) electrons. The van der Waals surface area contributed by atoms with Gasteiger partial charge in [-0.1, -0.05) is 12.1 Å². The molecule has 0 spiro atoms. The maximum Gasteiger partial charge on any atom is 0.126 e. The van der Waals surface area contributed by atoms with E-state index in [-0.39, 0.29) is 11.9 Å². The second-order valence-electron chi connectivity index (χ2n) is 6.63. The zero-order valence-corrected chi connectivity index (χ0v) is 14.1. The summed E-state index contributed by atoms with van der Waals surface area (Å²) < 4.78 is 13.0. The quantitative estimate of drug-likeness (QED) is 0.685. The number of hydrogen-bond acceptors (Lipinski definition) is 3. The van der Waals surface area contributed by atoms with E-state index >= 15 is 0 Å². The number of anilines is 1. The number of halogens is 1. The standard InChI is InChI=1S/C21H20FN3/c1-14(15-4-7-20(22)8-5-15)25-21-9-6-17(13-24-21)19-10-18(11-23-12-19)16-2-3-16/h4-14,16H,2-3H2,1H3,(H,24,25)/t14-/m1/s1. The van der Waals surface area contributed by atoms with E-state index in [9.17, 15) is 4.39 Å². The second-order valence-corrected chi connectivity index (χ2v) is 6.63. The number of benzene rings is 1. The molecule has 4 heteroatoms. The molecule has 1 atom stereocenters. The zero-order chi connectivity index (χ0) is 17.2. The molecule has 3 nitrogen and oxygen atoms in total. The molecule has 1 saturated carbocycles. The molecular weight excluding hydrogens is 313 g/mol. The van der Waals surface area contributed by atoms with Gasteiger partial charge in [0.25, 0.3) is 0 Å². The summed E-state index contributed by atoms with van der Waals surface area (Å²) in [7, 11) is 0. The van der Waals surface area contributed by atoms with Gasteiger partial charge < -0.3 is 5.32 Å². The molecule has 0 bridgehead atoms. The number of hydrogen-bond donors (Lipinski definition) is 1. The Morgan fingerprint density at radius 2 is 1.80 bits per heavy atom. The van der Waals surface area contributed by atoms with E-state index in [0.29, 0.717) is 5.92 Å². The van der Waals surface area contributed by atoms with Gasteiger partial charge in [-0.05, 0) is 67.1 Å². The first-order valence-electron chi connectivity index (χ1n) is 8.62. The van der Waals surface area contributed by atoms with E-state index < -0.39 is 0 Å². The van der Waals surface area contributed by atoms with Gasteiger partial charge in [0.15, 0.2) is 0 Å². The molecule has 3 aromatic rings. The molecular formula is C21H20FN3. The van der Waals surface area contributed by atoms with Gasteiger partial charge in [-0.25, -0.2) is 9.37 Å². The first-order chi connectivity index (χ1) is 12.2. The Labute approximate surface area is 147 Å². The van der Waals surface area contributed by atoms with Crippen LogP contribution in [0, 0.1) is 5.82 Å². The summed E-state index contributed by atoms with van der Waals surface area (Å²) in [4.78, 5) is 8.88. The van der Waals surface area contributed by atoms with E-state index in [1.54, 1.807) is 12.1 Å². The summed E-state index contributed by atoms with van der Waals surface area (Å²) in [6.07, 6.45) is 8.26. The van der Waals surface area contributed by atoms with E-state index in [1.165, 1.54) is 30.5 Å². The number of nitrogens with zero attached hydrogens (tertiary/aromatic N) is 2. The first-order valence-corrected chi connectivity index (χ1v) is 8.62. The molecule has 4 rings (SSSR count). The molecule has 1 aromatic carbocycles. The SMILES string of the molecule is C[C@@H](Nc1ccc(-c2cncc(C3CC3)c2)cn1)c1ccc(F)cc1. The van der Waals surface area contributed by atoms with Gasteiger partial charge in [0.2, 0.25) is 0 Å². The first kappa shape index (κ1) is 15.8. The third-order valence-electron chi connectivity index (χ3n) is 4.64. The fourth-order valence-electron chi connectivity index (χ4n) is 2.96. The minimum atomic E-state index is -0.222. The van der Waals surface area contributed by atoms with E-state index in [2.05, 4.69) is 27.4 Å². The maximum atomic E-state index is 13.0. The van der Waals surface area contributed by atoms with Crippen LogP contribution in [0.5, 0.6) is 0 Å². The fraction of sp³-hybridized carbons (Fsp3) is 0.238. The summed E-state index contributed by atoms with van der Waals surface area (Å²) in [5, 5.41) is 3.35. The van der Waals surface area contributed by atoms with Crippen molar-refractivity contribution >= 4 is 5.82 Å². The Morgan fingerprint density at radius 3 is 2.48 bits per heavy atom.